The number of carbonyl (C=O) groups excluding carboxylic acids is 2. The van der Waals surface area contributed by atoms with Crippen molar-refractivity contribution in [2.45, 2.75) is 4.90 Å². The van der Waals surface area contributed by atoms with E-state index in [1.165, 1.54) is 42.7 Å². The van der Waals surface area contributed by atoms with Gasteiger partial charge in [-0.25, -0.2) is 17.2 Å². The number of rotatable bonds is 7. The zero-order valence-electron chi connectivity index (χ0n) is 17.8. The Hall–Kier alpha value is -4.51. The van der Waals surface area contributed by atoms with Gasteiger partial charge in [-0.05, 0) is 72.8 Å². The molecule has 0 aliphatic carbocycles. The first-order valence-corrected chi connectivity index (χ1v) is 11.5. The molecular weight excluding hydrogens is 480 g/mol. The molecule has 0 saturated heterocycles. The highest BCUT2D eigenvalue weighted by Crippen LogP contribution is 2.21. The molecule has 0 saturated carbocycles. The number of anilines is 3. The third kappa shape index (κ3) is 5.71. The number of hydrogen-bond donors (Lipinski definition) is 3. The fraction of sp³-hybridized carbons (Fsp3) is 0. The molecule has 0 spiro atoms. The van der Waals surface area contributed by atoms with Crippen molar-refractivity contribution in [3.05, 3.63) is 108 Å². The molecule has 8 nitrogen and oxygen atoms in total. The Balaban J connectivity index is 1.41. The second kappa shape index (κ2) is 9.77. The highest BCUT2D eigenvalue weighted by Gasteiger charge is 2.17. The molecule has 4 aromatic rings. The number of carbonyl (C=O) groups is 2. The van der Waals surface area contributed by atoms with Gasteiger partial charge in [0, 0.05) is 22.6 Å². The second-order valence-corrected chi connectivity index (χ2v) is 8.91. The zero-order valence-corrected chi connectivity index (χ0v) is 18.6. The maximum absolute atomic E-state index is 13.4. The van der Waals surface area contributed by atoms with Crippen LogP contribution in [0.2, 0.25) is 0 Å². The van der Waals surface area contributed by atoms with Crippen LogP contribution < -0.4 is 15.4 Å². The van der Waals surface area contributed by atoms with Crippen LogP contribution >= 0.6 is 0 Å². The van der Waals surface area contributed by atoms with E-state index in [-0.39, 0.29) is 17.0 Å². The Labute approximate surface area is 198 Å². The van der Waals surface area contributed by atoms with E-state index in [1.54, 1.807) is 24.3 Å². The summed E-state index contributed by atoms with van der Waals surface area (Å²) in [4.78, 5) is 24.3. The Kier molecular flexibility index (Phi) is 6.60. The van der Waals surface area contributed by atoms with Crippen molar-refractivity contribution in [3.8, 4) is 0 Å². The van der Waals surface area contributed by atoms with Crippen molar-refractivity contribution in [1.29, 1.82) is 0 Å². The molecule has 0 unspecified atom stereocenters. The molecular formula is C24H17F2N3O5S. The Morgan fingerprint density at radius 2 is 1.43 bits per heavy atom. The van der Waals surface area contributed by atoms with E-state index in [4.69, 9.17) is 4.42 Å². The van der Waals surface area contributed by atoms with Gasteiger partial charge >= 0.3 is 0 Å². The van der Waals surface area contributed by atoms with Gasteiger partial charge in [0.1, 0.15) is 0 Å². The topological polar surface area (TPSA) is 118 Å². The molecule has 0 aliphatic rings. The summed E-state index contributed by atoms with van der Waals surface area (Å²) >= 11 is 0. The van der Waals surface area contributed by atoms with Crippen LogP contribution in [-0.2, 0) is 10.0 Å². The van der Waals surface area contributed by atoms with Gasteiger partial charge in [0.15, 0.2) is 17.4 Å². The molecule has 4 rings (SSSR count). The van der Waals surface area contributed by atoms with Gasteiger partial charge in [-0.15, -0.1) is 0 Å². The first-order valence-electron chi connectivity index (χ1n) is 10.1. The highest BCUT2D eigenvalue weighted by atomic mass is 32.2. The summed E-state index contributed by atoms with van der Waals surface area (Å²) in [6.45, 7) is 0. The van der Waals surface area contributed by atoms with Gasteiger partial charge in [-0.1, -0.05) is 6.07 Å². The number of nitrogens with one attached hydrogen (secondary N) is 3. The molecule has 11 heteroatoms. The van der Waals surface area contributed by atoms with E-state index >= 15 is 0 Å². The van der Waals surface area contributed by atoms with Crippen LogP contribution in [0.4, 0.5) is 25.8 Å². The molecule has 0 bridgehead atoms. The number of furan rings is 1. The van der Waals surface area contributed by atoms with Crippen molar-refractivity contribution >= 4 is 38.9 Å². The number of hydrogen-bond acceptors (Lipinski definition) is 5. The minimum absolute atomic E-state index is 0.125. The van der Waals surface area contributed by atoms with Crippen molar-refractivity contribution in [3.63, 3.8) is 0 Å². The molecule has 2 amide bonds. The largest absolute Gasteiger partial charge is 0.459 e. The summed E-state index contributed by atoms with van der Waals surface area (Å²) < 4.78 is 58.5. The summed E-state index contributed by atoms with van der Waals surface area (Å²) in [5.41, 5.74) is 1.18. The van der Waals surface area contributed by atoms with Gasteiger partial charge < -0.3 is 15.1 Å². The van der Waals surface area contributed by atoms with Crippen LogP contribution in [0.15, 0.2) is 94.4 Å². The summed E-state index contributed by atoms with van der Waals surface area (Å²) in [5, 5.41) is 5.29. The summed E-state index contributed by atoms with van der Waals surface area (Å²) in [6, 6.07) is 17.3. The summed E-state index contributed by atoms with van der Waals surface area (Å²) in [7, 11) is -4.15. The van der Waals surface area contributed by atoms with E-state index in [0.717, 1.165) is 12.1 Å². The Morgan fingerprint density at radius 1 is 0.714 bits per heavy atom. The predicted octanol–water partition coefficient (Wildman–Crippen LogP) is 4.86. The van der Waals surface area contributed by atoms with Crippen LogP contribution in [0.3, 0.4) is 0 Å². The molecule has 0 radical (unpaired) electrons. The smallest absolute Gasteiger partial charge is 0.291 e. The lowest BCUT2D eigenvalue weighted by Crippen LogP contribution is -2.15. The zero-order chi connectivity index (χ0) is 25.0. The van der Waals surface area contributed by atoms with Crippen molar-refractivity contribution < 1.29 is 31.2 Å². The van der Waals surface area contributed by atoms with Gasteiger partial charge in [0.05, 0.1) is 11.2 Å². The number of sulfonamides is 1. The number of benzene rings is 3. The van der Waals surface area contributed by atoms with E-state index in [2.05, 4.69) is 15.4 Å². The lowest BCUT2D eigenvalue weighted by atomic mass is 10.1. The summed E-state index contributed by atoms with van der Waals surface area (Å²) in [5.74, 6) is -3.24. The van der Waals surface area contributed by atoms with Crippen LogP contribution in [0.1, 0.15) is 20.9 Å². The van der Waals surface area contributed by atoms with Gasteiger partial charge in [0.25, 0.3) is 21.8 Å². The quantitative estimate of drug-likeness (QED) is 0.337. The molecule has 0 atom stereocenters. The molecule has 1 aromatic heterocycles. The Bertz CT molecular complexity index is 1490. The lowest BCUT2D eigenvalue weighted by Gasteiger charge is -2.10. The number of halogens is 2. The molecule has 0 aliphatic heterocycles. The van der Waals surface area contributed by atoms with E-state index in [0.29, 0.717) is 17.4 Å². The maximum atomic E-state index is 13.4. The highest BCUT2D eigenvalue weighted by molar-refractivity contribution is 7.92. The fourth-order valence-corrected chi connectivity index (χ4v) is 4.09. The first kappa shape index (κ1) is 23.6. The first-order chi connectivity index (χ1) is 16.7. The van der Waals surface area contributed by atoms with Crippen LogP contribution in [0.5, 0.6) is 0 Å². The van der Waals surface area contributed by atoms with Crippen LogP contribution in [-0.4, -0.2) is 20.2 Å². The minimum Gasteiger partial charge on any atom is -0.459 e. The van der Waals surface area contributed by atoms with Crippen LogP contribution in [0.25, 0.3) is 0 Å². The van der Waals surface area contributed by atoms with Crippen molar-refractivity contribution in [1.82, 2.24) is 0 Å². The maximum Gasteiger partial charge on any atom is 0.291 e. The van der Waals surface area contributed by atoms with E-state index in [1.807, 2.05) is 0 Å². The van der Waals surface area contributed by atoms with Gasteiger partial charge in [0.2, 0.25) is 0 Å². The molecule has 35 heavy (non-hydrogen) atoms. The van der Waals surface area contributed by atoms with Crippen molar-refractivity contribution in [2.75, 3.05) is 15.4 Å². The monoisotopic (exact) mass is 497 g/mol. The average molecular weight is 497 g/mol. The predicted molar refractivity (Wildman–Crippen MR) is 125 cm³/mol. The minimum atomic E-state index is -4.15. The normalized spacial score (nSPS) is 11.0. The molecule has 0 fully saturated rings. The van der Waals surface area contributed by atoms with E-state index in [9.17, 15) is 26.8 Å². The third-order valence-corrected chi connectivity index (χ3v) is 6.10. The SMILES string of the molecule is O=C(Nc1ccc(NS(=O)(=O)c2ccc(F)c(F)c2)cc1)c1cccc(NC(=O)c2ccco2)c1. The van der Waals surface area contributed by atoms with E-state index < -0.39 is 38.4 Å². The molecule has 3 aromatic carbocycles. The Morgan fingerprint density at radius 3 is 2.11 bits per heavy atom. The molecule has 178 valence electrons. The third-order valence-electron chi connectivity index (χ3n) is 4.72. The standard InChI is InChI=1S/C24H17F2N3O5S/c25-20-11-10-19(14-21(20)26)35(32,33)29-17-8-6-16(7-9-17)27-23(30)15-3-1-4-18(13-15)28-24(31)22-5-2-12-34-22/h1-14,29H,(H,27,30)(H,28,31). The van der Waals surface area contributed by atoms with Crippen molar-refractivity contribution in [2.24, 2.45) is 0 Å². The molecule has 1 heterocycles. The number of amides is 2. The second-order valence-electron chi connectivity index (χ2n) is 7.23. The van der Waals surface area contributed by atoms with Gasteiger partial charge in [-0.2, -0.15) is 0 Å². The fourth-order valence-electron chi connectivity index (χ4n) is 3.02. The molecule has 3 N–H and O–H groups in total. The van der Waals surface area contributed by atoms with Gasteiger partial charge in [-0.3, -0.25) is 14.3 Å². The van der Waals surface area contributed by atoms with Crippen LogP contribution in [0, 0.1) is 11.6 Å². The lowest BCUT2D eigenvalue weighted by molar-refractivity contribution is 0.0993. The summed E-state index contributed by atoms with van der Waals surface area (Å²) in [6.07, 6.45) is 1.37. The average Bonchev–Trinajstić information content (AvgIpc) is 3.37.